The average Bonchev–Trinajstić information content (AvgIpc) is 2.27. The van der Waals surface area contributed by atoms with Gasteiger partial charge in [0.05, 0.1) is 18.4 Å². The zero-order valence-corrected chi connectivity index (χ0v) is 9.83. The molecular weight excluding hydrogens is 222 g/mol. The molecule has 0 spiro atoms. The third-order valence-electron chi connectivity index (χ3n) is 2.65. The van der Waals surface area contributed by atoms with E-state index >= 15 is 0 Å². The highest BCUT2D eigenvalue weighted by Gasteiger charge is 2.26. The SMILES string of the molecule is CC1CN(c2nnccc2C(=O)O)CC(C)O1. The molecule has 2 unspecified atom stereocenters. The highest BCUT2D eigenvalue weighted by molar-refractivity contribution is 5.93. The van der Waals surface area contributed by atoms with Crippen molar-refractivity contribution in [3.8, 4) is 0 Å². The Morgan fingerprint density at radius 1 is 1.47 bits per heavy atom. The van der Waals surface area contributed by atoms with Crippen LogP contribution < -0.4 is 4.90 Å². The molecule has 0 saturated carbocycles. The average molecular weight is 237 g/mol. The molecule has 1 aromatic heterocycles. The van der Waals surface area contributed by atoms with Crippen LogP contribution in [0.15, 0.2) is 12.3 Å². The minimum absolute atomic E-state index is 0.0578. The zero-order valence-electron chi connectivity index (χ0n) is 9.83. The van der Waals surface area contributed by atoms with E-state index in [1.165, 1.54) is 12.3 Å². The van der Waals surface area contributed by atoms with E-state index in [1.807, 2.05) is 18.7 Å². The van der Waals surface area contributed by atoms with Crippen molar-refractivity contribution in [2.45, 2.75) is 26.1 Å². The van der Waals surface area contributed by atoms with Gasteiger partial charge >= 0.3 is 5.97 Å². The second-order valence-electron chi connectivity index (χ2n) is 4.24. The lowest BCUT2D eigenvalue weighted by molar-refractivity contribution is -0.00561. The number of ether oxygens (including phenoxy) is 1. The lowest BCUT2D eigenvalue weighted by atomic mass is 10.2. The number of anilines is 1. The van der Waals surface area contributed by atoms with Crippen LogP contribution in [-0.4, -0.2) is 46.6 Å². The van der Waals surface area contributed by atoms with Gasteiger partial charge in [0.15, 0.2) is 5.82 Å². The van der Waals surface area contributed by atoms with Crippen molar-refractivity contribution in [1.29, 1.82) is 0 Å². The fourth-order valence-electron chi connectivity index (χ4n) is 2.08. The molecule has 0 amide bonds. The molecule has 2 atom stereocenters. The molecule has 0 radical (unpaired) electrons. The maximum absolute atomic E-state index is 11.1. The molecule has 1 N–H and O–H groups in total. The number of hydrogen-bond acceptors (Lipinski definition) is 5. The van der Waals surface area contributed by atoms with Gasteiger partial charge in [-0.15, -0.1) is 5.10 Å². The van der Waals surface area contributed by atoms with E-state index in [1.54, 1.807) is 0 Å². The molecule has 1 aliphatic rings. The highest BCUT2D eigenvalue weighted by atomic mass is 16.5. The van der Waals surface area contributed by atoms with Crippen molar-refractivity contribution in [2.75, 3.05) is 18.0 Å². The first-order chi connectivity index (χ1) is 8.08. The Morgan fingerprint density at radius 3 is 2.71 bits per heavy atom. The van der Waals surface area contributed by atoms with Crippen LogP contribution in [0, 0.1) is 0 Å². The Hall–Kier alpha value is -1.69. The van der Waals surface area contributed by atoms with E-state index in [0.717, 1.165) is 0 Å². The molecule has 2 rings (SSSR count). The second kappa shape index (κ2) is 4.67. The minimum atomic E-state index is -0.985. The zero-order chi connectivity index (χ0) is 12.4. The van der Waals surface area contributed by atoms with Gasteiger partial charge < -0.3 is 14.7 Å². The van der Waals surface area contributed by atoms with Gasteiger partial charge in [0.25, 0.3) is 0 Å². The molecule has 92 valence electrons. The van der Waals surface area contributed by atoms with Gasteiger partial charge in [0, 0.05) is 13.1 Å². The van der Waals surface area contributed by atoms with Crippen LogP contribution in [0.5, 0.6) is 0 Å². The van der Waals surface area contributed by atoms with Crippen molar-refractivity contribution < 1.29 is 14.6 Å². The summed E-state index contributed by atoms with van der Waals surface area (Å²) in [7, 11) is 0. The van der Waals surface area contributed by atoms with E-state index in [9.17, 15) is 4.79 Å². The molecule has 2 heterocycles. The summed E-state index contributed by atoms with van der Waals surface area (Å²) in [6, 6.07) is 1.47. The maximum atomic E-state index is 11.1. The third-order valence-corrected chi connectivity index (χ3v) is 2.65. The fourth-order valence-corrected chi connectivity index (χ4v) is 2.08. The molecule has 0 aromatic carbocycles. The molecule has 6 heteroatoms. The molecule has 1 saturated heterocycles. The third kappa shape index (κ3) is 2.52. The van der Waals surface area contributed by atoms with Crippen LogP contribution in [0.1, 0.15) is 24.2 Å². The van der Waals surface area contributed by atoms with Gasteiger partial charge in [-0.1, -0.05) is 0 Å². The van der Waals surface area contributed by atoms with Gasteiger partial charge in [-0.2, -0.15) is 5.10 Å². The van der Waals surface area contributed by atoms with Crippen LogP contribution >= 0.6 is 0 Å². The number of hydrogen-bond donors (Lipinski definition) is 1. The molecule has 6 nitrogen and oxygen atoms in total. The number of aromatic nitrogens is 2. The van der Waals surface area contributed by atoms with Crippen molar-refractivity contribution in [1.82, 2.24) is 10.2 Å². The van der Waals surface area contributed by atoms with Crippen molar-refractivity contribution >= 4 is 11.8 Å². The number of carboxylic acid groups (broad SMARTS) is 1. The number of carbonyl (C=O) groups is 1. The summed E-state index contributed by atoms with van der Waals surface area (Å²) in [5.41, 5.74) is 0.182. The Balaban J connectivity index is 2.30. The number of aromatic carboxylic acids is 1. The Labute approximate surface area is 99.2 Å². The molecule has 1 aromatic rings. The van der Waals surface area contributed by atoms with Crippen molar-refractivity contribution in [3.05, 3.63) is 17.8 Å². The standard InChI is InChI=1S/C11H15N3O3/c1-7-5-14(6-8(2)17-7)10-9(11(15)16)3-4-12-13-10/h3-4,7-8H,5-6H2,1-2H3,(H,15,16). The van der Waals surface area contributed by atoms with Crippen LogP contribution in [0.3, 0.4) is 0 Å². The molecule has 17 heavy (non-hydrogen) atoms. The van der Waals surface area contributed by atoms with Crippen LogP contribution in [0.2, 0.25) is 0 Å². The lowest BCUT2D eigenvalue weighted by Gasteiger charge is -2.36. The topological polar surface area (TPSA) is 75.6 Å². The molecule has 1 aliphatic heterocycles. The van der Waals surface area contributed by atoms with Gasteiger partial charge in [-0.25, -0.2) is 4.79 Å². The van der Waals surface area contributed by atoms with Crippen LogP contribution in [-0.2, 0) is 4.74 Å². The summed E-state index contributed by atoms with van der Waals surface area (Å²) in [4.78, 5) is 13.0. The summed E-state index contributed by atoms with van der Waals surface area (Å²) < 4.78 is 5.60. The predicted molar refractivity (Wildman–Crippen MR) is 61.2 cm³/mol. The van der Waals surface area contributed by atoms with Gasteiger partial charge in [-0.05, 0) is 19.9 Å². The summed E-state index contributed by atoms with van der Waals surface area (Å²) >= 11 is 0. The molecule has 0 aliphatic carbocycles. The molecular formula is C11H15N3O3. The smallest absolute Gasteiger partial charge is 0.339 e. The Kier molecular flexibility index (Phi) is 3.23. The van der Waals surface area contributed by atoms with E-state index < -0.39 is 5.97 Å². The van der Waals surface area contributed by atoms with Gasteiger partial charge in [-0.3, -0.25) is 0 Å². The number of carboxylic acids is 1. The van der Waals surface area contributed by atoms with Gasteiger partial charge in [0.1, 0.15) is 5.56 Å². The maximum Gasteiger partial charge on any atom is 0.339 e. The van der Waals surface area contributed by atoms with E-state index in [0.29, 0.717) is 18.9 Å². The summed E-state index contributed by atoms with van der Waals surface area (Å²) in [5.74, 6) is -0.566. The van der Waals surface area contributed by atoms with Gasteiger partial charge in [0.2, 0.25) is 0 Å². The van der Waals surface area contributed by atoms with E-state index in [2.05, 4.69) is 10.2 Å². The van der Waals surface area contributed by atoms with E-state index in [-0.39, 0.29) is 17.8 Å². The monoisotopic (exact) mass is 237 g/mol. The summed E-state index contributed by atoms with van der Waals surface area (Å²) in [6.45, 7) is 5.17. The largest absolute Gasteiger partial charge is 0.478 e. The minimum Gasteiger partial charge on any atom is -0.478 e. The van der Waals surface area contributed by atoms with Crippen LogP contribution in [0.25, 0.3) is 0 Å². The number of rotatable bonds is 2. The first-order valence-corrected chi connectivity index (χ1v) is 5.53. The quantitative estimate of drug-likeness (QED) is 0.819. The molecule has 1 fully saturated rings. The second-order valence-corrected chi connectivity index (χ2v) is 4.24. The normalized spacial score (nSPS) is 24.7. The van der Waals surface area contributed by atoms with E-state index in [4.69, 9.17) is 9.84 Å². The lowest BCUT2D eigenvalue weighted by Crippen LogP contribution is -2.46. The molecule has 0 bridgehead atoms. The highest BCUT2D eigenvalue weighted by Crippen LogP contribution is 2.21. The first kappa shape index (κ1) is 11.8. The number of nitrogens with zero attached hydrogens (tertiary/aromatic N) is 3. The van der Waals surface area contributed by atoms with Crippen molar-refractivity contribution in [2.24, 2.45) is 0 Å². The first-order valence-electron chi connectivity index (χ1n) is 5.53. The predicted octanol–water partition coefficient (Wildman–Crippen LogP) is 0.788. The Bertz CT molecular complexity index is 414. The van der Waals surface area contributed by atoms with Crippen molar-refractivity contribution in [3.63, 3.8) is 0 Å². The van der Waals surface area contributed by atoms with Crippen LogP contribution in [0.4, 0.5) is 5.82 Å². The Morgan fingerprint density at radius 2 is 2.12 bits per heavy atom. The fraction of sp³-hybridized carbons (Fsp3) is 0.545. The number of morpholine rings is 1. The summed E-state index contributed by atoms with van der Waals surface area (Å²) in [6.07, 6.45) is 1.50. The summed E-state index contributed by atoms with van der Waals surface area (Å²) in [5, 5.41) is 16.8.